The summed E-state index contributed by atoms with van der Waals surface area (Å²) in [5, 5.41) is 6.60. The fourth-order valence-corrected chi connectivity index (χ4v) is 3.90. The van der Waals surface area contributed by atoms with Gasteiger partial charge < -0.3 is 15.4 Å². The van der Waals surface area contributed by atoms with E-state index >= 15 is 0 Å². The SMILES string of the molecule is Cc1ccc(O[C@H]2C[C@H](NC(=O)C3CNC[C@H]3c3ccccc3)C2)cc1. The van der Waals surface area contributed by atoms with Crippen molar-refractivity contribution in [3.8, 4) is 5.75 Å². The van der Waals surface area contributed by atoms with E-state index in [1.165, 1.54) is 11.1 Å². The van der Waals surface area contributed by atoms with Crippen molar-refractivity contribution in [1.29, 1.82) is 0 Å². The van der Waals surface area contributed by atoms with Crippen LogP contribution in [-0.4, -0.2) is 31.1 Å². The average molecular weight is 350 g/mol. The molecule has 2 aliphatic rings. The number of rotatable bonds is 5. The first-order chi connectivity index (χ1) is 12.7. The maximum atomic E-state index is 12.7. The summed E-state index contributed by atoms with van der Waals surface area (Å²) in [5.74, 6) is 1.35. The molecule has 1 saturated carbocycles. The van der Waals surface area contributed by atoms with Crippen LogP contribution in [-0.2, 0) is 4.79 Å². The summed E-state index contributed by atoms with van der Waals surface area (Å²) in [6, 6.07) is 18.7. The van der Waals surface area contributed by atoms with E-state index in [2.05, 4.69) is 41.8 Å². The van der Waals surface area contributed by atoms with Crippen LogP contribution >= 0.6 is 0 Å². The molecule has 2 N–H and O–H groups in total. The number of nitrogens with one attached hydrogen (secondary N) is 2. The van der Waals surface area contributed by atoms with Gasteiger partial charge in [0.25, 0.3) is 0 Å². The first kappa shape index (κ1) is 17.1. The van der Waals surface area contributed by atoms with Gasteiger partial charge in [-0.1, -0.05) is 48.0 Å². The standard InChI is InChI=1S/C22H26N2O2/c1-15-7-9-18(10-8-15)26-19-11-17(12-19)24-22(25)21-14-23-13-20(21)16-5-3-2-4-6-16/h2-10,17,19-21,23H,11-14H2,1H3,(H,24,25)/t17-,19-,20-,21?/m0/s1. The highest BCUT2D eigenvalue weighted by Crippen LogP contribution is 2.30. The van der Waals surface area contributed by atoms with Crippen molar-refractivity contribution in [3.05, 3.63) is 65.7 Å². The highest BCUT2D eigenvalue weighted by Gasteiger charge is 2.38. The van der Waals surface area contributed by atoms with Gasteiger partial charge in [0.2, 0.25) is 5.91 Å². The number of carbonyl (C=O) groups is 1. The van der Waals surface area contributed by atoms with Crippen LogP contribution in [0.2, 0.25) is 0 Å². The van der Waals surface area contributed by atoms with Gasteiger partial charge in [0, 0.05) is 37.9 Å². The molecule has 2 aromatic rings. The van der Waals surface area contributed by atoms with E-state index in [-0.39, 0.29) is 29.9 Å². The molecule has 1 saturated heterocycles. The Labute approximate surface area is 155 Å². The smallest absolute Gasteiger partial charge is 0.225 e. The molecule has 1 amide bonds. The van der Waals surface area contributed by atoms with E-state index in [4.69, 9.17) is 4.74 Å². The van der Waals surface area contributed by atoms with Gasteiger partial charge >= 0.3 is 0 Å². The van der Waals surface area contributed by atoms with Crippen LogP contribution in [0.5, 0.6) is 5.75 Å². The predicted molar refractivity (Wildman–Crippen MR) is 102 cm³/mol. The minimum atomic E-state index is 0.00877. The number of ether oxygens (including phenoxy) is 1. The Morgan fingerprint density at radius 1 is 1.04 bits per heavy atom. The van der Waals surface area contributed by atoms with Crippen LogP contribution in [0.1, 0.15) is 29.9 Å². The fourth-order valence-electron chi connectivity index (χ4n) is 3.90. The maximum absolute atomic E-state index is 12.7. The van der Waals surface area contributed by atoms with Crippen molar-refractivity contribution in [2.24, 2.45) is 5.92 Å². The molecule has 1 aliphatic heterocycles. The molecule has 1 aliphatic carbocycles. The van der Waals surface area contributed by atoms with Crippen molar-refractivity contribution in [2.75, 3.05) is 13.1 Å². The molecule has 4 heteroatoms. The Morgan fingerprint density at radius 3 is 2.50 bits per heavy atom. The largest absolute Gasteiger partial charge is 0.490 e. The van der Waals surface area contributed by atoms with Crippen LogP contribution in [0.3, 0.4) is 0 Å². The topological polar surface area (TPSA) is 50.4 Å². The van der Waals surface area contributed by atoms with Gasteiger partial charge in [-0.05, 0) is 24.6 Å². The van der Waals surface area contributed by atoms with Gasteiger partial charge in [-0.2, -0.15) is 0 Å². The van der Waals surface area contributed by atoms with Crippen LogP contribution < -0.4 is 15.4 Å². The maximum Gasteiger partial charge on any atom is 0.225 e. The molecular weight excluding hydrogens is 324 g/mol. The van der Waals surface area contributed by atoms with Crippen LogP contribution in [0.4, 0.5) is 0 Å². The second-order valence-corrected chi connectivity index (χ2v) is 7.51. The Kier molecular flexibility index (Phi) is 4.93. The van der Waals surface area contributed by atoms with Gasteiger partial charge in [-0.25, -0.2) is 0 Å². The molecule has 136 valence electrons. The quantitative estimate of drug-likeness (QED) is 0.871. The van der Waals surface area contributed by atoms with E-state index < -0.39 is 0 Å². The highest BCUT2D eigenvalue weighted by molar-refractivity contribution is 5.81. The van der Waals surface area contributed by atoms with Gasteiger partial charge in [-0.3, -0.25) is 4.79 Å². The molecule has 4 nitrogen and oxygen atoms in total. The fraction of sp³-hybridized carbons (Fsp3) is 0.409. The Balaban J connectivity index is 1.27. The molecular formula is C22H26N2O2. The lowest BCUT2D eigenvalue weighted by molar-refractivity contribution is -0.126. The van der Waals surface area contributed by atoms with Gasteiger partial charge in [0.15, 0.2) is 0 Å². The molecule has 2 atom stereocenters. The lowest BCUT2D eigenvalue weighted by Crippen LogP contribution is -2.51. The minimum absolute atomic E-state index is 0.00877. The Morgan fingerprint density at radius 2 is 1.77 bits per heavy atom. The summed E-state index contributed by atoms with van der Waals surface area (Å²) < 4.78 is 5.97. The summed E-state index contributed by atoms with van der Waals surface area (Å²) in [4.78, 5) is 12.7. The number of aryl methyl sites for hydroxylation is 1. The monoisotopic (exact) mass is 350 g/mol. The molecule has 0 spiro atoms. The van der Waals surface area contributed by atoms with E-state index in [0.29, 0.717) is 0 Å². The number of benzene rings is 2. The first-order valence-corrected chi connectivity index (χ1v) is 9.48. The van der Waals surface area contributed by atoms with Crippen LogP contribution in [0, 0.1) is 12.8 Å². The summed E-state index contributed by atoms with van der Waals surface area (Å²) in [6.45, 7) is 3.69. The molecule has 2 fully saturated rings. The summed E-state index contributed by atoms with van der Waals surface area (Å²) in [7, 11) is 0. The lowest BCUT2D eigenvalue weighted by Gasteiger charge is -2.36. The van der Waals surface area contributed by atoms with Crippen molar-refractivity contribution >= 4 is 5.91 Å². The summed E-state index contributed by atoms with van der Waals surface area (Å²) >= 11 is 0. The molecule has 0 bridgehead atoms. The molecule has 1 unspecified atom stereocenters. The normalized spacial score (nSPS) is 27.6. The number of amides is 1. The summed E-state index contributed by atoms with van der Waals surface area (Å²) in [6.07, 6.45) is 1.97. The molecule has 26 heavy (non-hydrogen) atoms. The van der Waals surface area contributed by atoms with Crippen molar-refractivity contribution in [2.45, 2.75) is 37.8 Å². The highest BCUT2D eigenvalue weighted by atomic mass is 16.5. The van der Waals surface area contributed by atoms with E-state index in [0.717, 1.165) is 31.7 Å². The van der Waals surface area contributed by atoms with Gasteiger partial charge in [0.05, 0.1) is 5.92 Å². The van der Waals surface area contributed by atoms with E-state index in [9.17, 15) is 4.79 Å². The van der Waals surface area contributed by atoms with Gasteiger partial charge in [-0.15, -0.1) is 0 Å². The number of hydrogen-bond donors (Lipinski definition) is 2. The van der Waals surface area contributed by atoms with E-state index in [1.54, 1.807) is 0 Å². The number of hydrogen-bond acceptors (Lipinski definition) is 3. The second kappa shape index (κ2) is 7.50. The lowest BCUT2D eigenvalue weighted by atomic mass is 9.85. The summed E-state index contributed by atoms with van der Waals surface area (Å²) in [5.41, 5.74) is 2.47. The first-order valence-electron chi connectivity index (χ1n) is 9.48. The zero-order valence-electron chi connectivity index (χ0n) is 15.2. The average Bonchev–Trinajstić information content (AvgIpc) is 3.12. The van der Waals surface area contributed by atoms with Crippen LogP contribution in [0.15, 0.2) is 54.6 Å². The third kappa shape index (κ3) is 3.75. The molecule has 0 radical (unpaired) electrons. The molecule has 0 aromatic heterocycles. The Hall–Kier alpha value is -2.33. The molecule has 1 heterocycles. The van der Waals surface area contributed by atoms with Crippen LogP contribution in [0.25, 0.3) is 0 Å². The molecule has 4 rings (SSSR count). The van der Waals surface area contributed by atoms with Crippen molar-refractivity contribution in [1.82, 2.24) is 10.6 Å². The van der Waals surface area contributed by atoms with Crippen molar-refractivity contribution < 1.29 is 9.53 Å². The van der Waals surface area contributed by atoms with Gasteiger partial charge in [0.1, 0.15) is 11.9 Å². The minimum Gasteiger partial charge on any atom is -0.490 e. The predicted octanol–water partition coefficient (Wildman–Crippen LogP) is 3.02. The number of carbonyl (C=O) groups excluding carboxylic acids is 1. The third-order valence-corrected chi connectivity index (χ3v) is 5.54. The second-order valence-electron chi connectivity index (χ2n) is 7.51. The van der Waals surface area contributed by atoms with E-state index in [1.807, 2.05) is 30.3 Å². The zero-order valence-corrected chi connectivity index (χ0v) is 15.2. The molecule has 2 aromatic carbocycles. The zero-order chi connectivity index (χ0) is 17.9. The Bertz CT molecular complexity index is 738. The van der Waals surface area contributed by atoms with Crippen molar-refractivity contribution in [3.63, 3.8) is 0 Å². The third-order valence-electron chi connectivity index (χ3n) is 5.54.